The molecule has 0 saturated heterocycles. The molecule has 0 aliphatic heterocycles. The third kappa shape index (κ3) is 2.93. The number of thioether (sulfide) groups is 1. The van der Waals surface area contributed by atoms with Crippen molar-refractivity contribution in [1.82, 2.24) is 0 Å². The van der Waals surface area contributed by atoms with Crippen molar-refractivity contribution in [3.8, 4) is 0 Å². The van der Waals surface area contributed by atoms with Gasteiger partial charge in [-0.05, 0) is 18.6 Å². The molecule has 0 radical (unpaired) electrons. The van der Waals surface area contributed by atoms with Crippen molar-refractivity contribution >= 4 is 11.8 Å². The molecule has 2 unspecified atom stereocenters. The topological polar surface area (TPSA) is 26.0 Å². The Bertz CT molecular complexity index is 93.9. The Morgan fingerprint density at radius 2 is 1.70 bits per heavy atom. The molecule has 0 saturated carbocycles. The van der Waals surface area contributed by atoms with Crippen LogP contribution in [0.2, 0.25) is 0 Å². The first-order valence-corrected chi connectivity index (χ1v) is 4.96. The quantitative estimate of drug-likeness (QED) is 0.671. The van der Waals surface area contributed by atoms with Crippen molar-refractivity contribution in [3.05, 3.63) is 0 Å². The van der Waals surface area contributed by atoms with Crippen LogP contribution in [0.4, 0.5) is 0 Å². The van der Waals surface area contributed by atoms with Gasteiger partial charge >= 0.3 is 0 Å². The van der Waals surface area contributed by atoms with E-state index in [1.54, 1.807) is 0 Å². The predicted octanol–water partition coefficient (Wildman–Crippen LogP) is 2.11. The fourth-order valence-electron chi connectivity index (χ4n) is 1.36. The third-order valence-corrected chi connectivity index (χ3v) is 3.23. The summed E-state index contributed by atoms with van der Waals surface area (Å²) in [6.45, 7) is 8.78. The number of hydrogen-bond acceptors (Lipinski definition) is 2. The summed E-state index contributed by atoms with van der Waals surface area (Å²) in [7, 11) is 0. The Morgan fingerprint density at radius 3 is 1.70 bits per heavy atom. The van der Waals surface area contributed by atoms with Crippen LogP contribution < -0.4 is 5.73 Å². The van der Waals surface area contributed by atoms with Gasteiger partial charge in [-0.15, -0.1) is 0 Å². The molecule has 0 spiro atoms. The van der Waals surface area contributed by atoms with Gasteiger partial charge in [0.1, 0.15) is 0 Å². The minimum Gasteiger partial charge on any atom is -0.327 e. The Kier molecular flexibility index (Phi) is 3.74. The van der Waals surface area contributed by atoms with E-state index in [-0.39, 0.29) is 6.04 Å². The second kappa shape index (κ2) is 3.63. The van der Waals surface area contributed by atoms with Crippen molar-refractivity contribution in [2.24, 2.45) is 11.1 Å². The lowest BCUT2D eigenvalue weighted by Crippen LogP contribution is -2.38. The van der Waals surface area contributed by atoms with Crippen LogP contribution in [0.15, 0.2) is 0 Å². The number of hydrogen-bond donors (Lipinski definition) is 1. The van der Waals surface area contributed by atoms with E-state index < -0.39 is 0 Å². The van der Waals surface area contributed by atoms with Gasteiger partial charge < -0.3 is 5.73 Å². The first-order chi connectivity index (χ1) is 4.39. The summed E-state index contributed by atoms with van der Waals surface area (Å²) in [5.74, 6) is 0. The second-order valence-corrected chi connectivity index (χ2v) is 4.86. The van der Waals surface area contributed by atoms with Crippen molar-refractivity contribution in [1.29, 1.82) is 0 Å². The maximum Gasteiger partial charge on any atom is 0.0241 e. The van der Waals surface area contributed by atoms with Gasteiger partial charge in [-0.1, -0.05) is 20.8 Å². The largest absolute Gasteiger partial charge is 0.327 e. The van der Waals surface area contributed by atoms with Gasteiger partial charge in [0.2, 0.25) is 0 Å². The fourth-order valence-corrected chi connectivity index (χ4v) is 2.49. The van der Waals surface area contributed by atoms with Crippen molar-refractivity contribution in [2.75, 3.05) is 6.26 Å². The molecule has 0 heterocycles. The smallest absolute Gasteiger partial charge is 0.0241 e. The zero-order valence-corrected chi connectivity index (χ0v) is 8.46. The summed E-state index contributed by atoms with van der Waals surface area (Å²) in [6, 6.07) is 0.287. The predicted molar refractivity (Wildman–Crippen MR) is 50.4 cm³/mol. The lowest BCUT2D eigenvalue weighted by molar-refractivity contribution is 0.364. The molecule has 0 aromatic heterocycles. The van der Waals surface area contributed by atoms with Crippen LogP contribution in [0.25, 0.3) is 0 Å². The zero-order chi connectivity index (χ0) is 8.36. The summed E-state index contributed by atoms with van der Waals surface area (Å²) in [6.07, 6.45) is 2.12. The standard InChI is InChI=1S/C8H19NS/c1-6(9)7(10-5)8(2,3)4/h6-7H,9H2,1-5H3. The molecule has 0 bridgehead atoms. The molecule has 0 fully saturated rings. The minimum absolute atomic E-state index is 0.287. The molecule has 2 N–H and O–H groups in total. The van der Waals surface area contributed by atoms with Gasteiger partial charge in [0.15, 0.2) is 0 Å². The third-order valence-electron chi connectivity index (χ3n) is 1.59. The molecule has 0 aliphatic carbocycles. The van der Waals surface area contributed by atoms with Gasteiger partial charge in [-0.25, -0.2) is 0 Å². The molecule has 62 valence electrons. The molecule has 2 heteroatoms. The number of nitrogens with two attached hydrogens (primary N) is 1. The number of rotatable bonds is 2. The van der Waals surface area contributed by atoms with E-state index in [0.717, 1.165) is 0 Å². The molecule has 0 aromatic carbocycles. The SMILES string of the molecule is CSC(C(C)N)C(C)(C)C. The van der Waals surface area contributed by atoms with Crippen LogP contribution in [0.5, 0.6) is 0 Å². The maximum atomic E-state index is 5.81. The van der Waals surface area contributed by atoms with Gasteiger partial charge in [0.25, 0.3) is 0 Å². The highest BCUT2D eigenvalue weighted by atomic mass is 32.2. The molecule has 0 aromatic rings. The van der Waals surface area contributed by atoms with E-state index in [1.165, 1.54) is 0 Å². The van der Waals surface area contributed by atoms with E-state index in [0.29, 0.717) is 10.7 Å². The molecular formula is C8H19NS. The van der Waals surface area contributed by atoms with E-state index in [2.05, 4.69) is 34.0 Å². The minimum atomic E-state index is 0.287. The first kappa shape index (κ1) is 10.3. The van der Waals surface area contributed by atoms with Gasteiger partial charge in [0, 0.05) is 11.3 Å². The van der Waals surface area contributed by atoms with Gasteiger partial charge in [0.05, 0.1) is 0 Å². The lowest BCUT2D eigenvalue weighted by Gasteiger charge is -2.32. The maximum absolute atomic E-state index is 5.81. The summed E-state index contributed by atoms with van der Waals surface area (Å²) < 4.78 is 0. The highest BCUT2D eigenvalue weighted by Crippen LogP contribution is 2.30. The molecule has 1 nitrogen and oxygen atoms in total. The van der Waals surface area contributed by atoms with Crippen LogP contribution >= 0.6 is 11.8 Å². The van der Waals surface area contributed by atoms with Gasteiger partial charge in [-0.2, -0.15) is 11.8 Å². The van der Waals surface area contributed by atoms with Crippen LogP contribution in [-0.4, -0.2) is 17.5 Å². The lowest BCUT2D eigenvalue weighted by atomic mass is 9.88. The van der Waals surface area contributed by atoms with Crippen LogP contribution in [-0.2, 0) is 0 Å². The van der Waals surface area contributed by atoms with E-state index in [4.69, 9.17) is 5.73 Å². The fraction of sp³-hybridized carbons (Fsp3) is 1.00. The summed E-state index contributed by atoms with van der Waals surface area (Å²) in [5.41, 5.74) is 6.14. The Morgan fingerprint density at radius 1 is 1.30 bits per heavy atom. The molecular weight excluding hydrogens is 142 g/mol. The van der Waals surface area contributed by atoms with E-state index >= 15 is 0 Å². The first-order valence-electron chi connectivity index (χ1n) is 3.68. The molecule has 0 rings (SSSR count). The Balaban J connectivity index is 4.07. The summed E-state index contributed by atoms with van der Waals surface area (Å²) >= 11 is 1.86. The van der Waals surface area contributed by atoms with E-state index in [9.17, 15) is 0 Å². The van der Waals surface area contributed by atoms with Crippen molar-refractivity contribution in [2.45, 2.75) is 39.0 Å². The van der Waals surface area contributed by atoms with Crippen LogP contribution in [0.1, 0.15) is 27.7 Å². The van der Waals surface area contributed by atoms with Crippen molar-refractivity contribution < 1.29 is 0 Å². The summed E-state index contributed by atoms with van der Waals surface area (Å²) in [4.78, 5) is 0. The monoisotopic (exact) mass is 161 g/mol. The van der Waals surface area contributed by atoms with Crippen LogP contribution in [0, 0.1) is 5.41 Å². The highest BCUT2D eigenvalue weighted by Gasteiger charge is 2.26. The Labute approximate surface area is 68.8 Å². The molecule has 0 aliphatic rings. The Hall–Kier alpha value is 0.310. The molecule has 2 atom stereocenters. The summed E-state index contributed by atoms with van der Waals surface area (Å²) in [5, 5.41) is 0.562. The second-order valence-electron chi connectivity index (χ2n) is 3.88. The molecule has 10 heavy (non-hydrogen) atoms. The van der Waals surface area contributed by atoms with Crippen LogP contribution in [0.3, 0.4) is 0 Å². The average Bonchev–Trinajstić information content (AvgIpc) is 1.60. The molecule has 0 amide bonds. The highest BCUT2D eigenvalue weighted by molar-refractivity contribution is 7.99. The average molecular weight is 161 g/mol. The van der Waals surface area contributed by atoms with Gasteiger partial charge in [-0.3, -0.25) is 0 Å². The van der Waals surface area contributed by atoms with Crippen molar-refractivity contribution in [3.63, 3.8) is 0 Å². The van der Waals surface area contributed by atoms with E-state index in [1.807, 2.05) is 11.8 Å². The normalized spacial score (nSPS) is 18.6. The zero-order valence-electron chi connectivity index (χ0n) is 7.64.